The van der Waals surface area contributed by atoms with Crippen molar-refractivity contribution in [2.45, 2.75) is 18.1 Å². The molecule has 2 rings (SSSR count). The van der Waals surface area contributed by atoms with Crippen molar-refractivity contribution in [2.24, 2.45) is 0 Å². The van der Waals surface area contributed by atoms with E-state index in [1.165, 1.54) is 18.2 Å². The first kappa shape index (κ1) is 11.0. The van der Waals surface area contributed by atoms with Crippen molar-refractivity contribution in [3.8, 4) is 0 Å². The summed E-state index contributed by atoms with van der Waals surface area (Å²) in [6, 6.07) is 4.81. The summed E-state index contributed by atoms with van der Waals surface area (Å²) >= 11 is 0. The van der Waals surface area contributed by atoms with E-state index in [-0.39, 0.29) is 13.0 Å². The van der Waals surface area contributed by atoms with Crippen molar-refractivity contribution in [3.63, 3.8) is 0 Å². The van der Waals surface area contributed by atoms with Gasteiger partial charge in [0, 0.05) is 13.0 Å². The van der Waals surface area contributed by atoms with Crippen molar-refractivity contribution in [3.05, 3.63) is 35.6 Å². The molecule has 86 valence electrons. The standard InChI is InChI=1S/C11H12FNO3/c12-8-3-1-2-7(4-8)11(16)5-9(10(14)15)13-6-11/h1-4,9,13,16H,5-6H2,(H,14,15). The van der Waals surface area contributed by atoms with Crippen LogP contribution in [0, 0.1) is 5.82 Å². The number of hydrogen-bond donors (Lipinski definition) is 3. The second kappa shape index (κ2) is 3.84. The summed E-state index contributed by atoms with van der Waals surface area (Å²) < 4.78 is 13.0. The lowest BCUT2D eigenvalue weighted by Crippen LogP contribution is -2.30. The number of halogens is 1. The van der Waals surface area contributed by atoms with Crippen LogP contribution in [0.3, 0.4) is 0 Å². The lowest BCUT2D eigenvalue weighted by molar-refractivity contribution is -0.139. The average molecular weight is 225 g/mol. The molecule has 3 N–H and O–H groups in total. The van der Waals surface area contributed by atoms with Gasteiger partial charge in [0.1, 0.15) is 17.5 Å². The van der Waals surface area contributed by atoms with E-state index in [0.29, 0.717) is 5.56 Å². The van der Waals surface area contributed by atoms with Gasteiger partial charge < -0.3 is 15.5 Å². The van der Waals surface area contributed by atoms with Gasteiger partial charge in [-0.05, 0) is 17.7 Å². The molecule has 1 aromatic rings. The second-order valence-corrected chi connectivity index (χ2v) is 4.02. The number of benzene rings is 1. The Balaban J connectivity index is 2.24. The number of carbonyl (C=O) groups is 1. The van der Waals surface area contributed by atoms with Crippen LogP contribution in [0.4, 0.5) is 4.39 Å². The van der Waals surface area contributed by atoms with Crippen molar-refractivity contribution < 1.29 is 19.4 Å². The Hall–Kier alpha value is -1.46. The number of hydrogen-bond acceptors (Lipinski definition) is 3. The van der Waals surface area contributed by atoms with Crippen LogP contribution >= 0.6 is 0 Å². The minimum Gasteiger partial charge on any atom is -0.480 e. The van der Waals surface area contributed by atoms with Crippen LogP contribution in [0.15, 0.2) is 24.3 Å². The van der Waals surface area contributed by atoms with Crippen LogP contribution in [0.5, 0.6) is 0 Å². The van der Waals surface area contributed by atoms with Gasteiger partial charge in [-0.1, -0.05) is 12.1 Å². The molecule has 4 nitrogen and oxygen atoms in total. The lowest BCUT2D eigenvalue weighted by atomic mass is 9.91. The van der Waals surface area contributed by atoms with Crippen LogP contribution in [0.2, 0.25) is 0 Å². The third-order valence-corrected chi connectivity index (χ3v) is 2.84. The van der Waals surface area contributed by atoms with Crippen molar-refractivity contribution in [1.29, 1.82) is 0 Å². The molecule has 0 bridgehead atoms. The van der Waals surface area contributed by atoms with Crippen LogP contribution in [0.25, 0.3) is 0 Å². The normalized spacial score (nSPS) is 29.2. The predicted molar refractivity (Wildman–Crippen MR) is 54.3 cm³/mol. The van der Waals surface area contributed by atoms with E-state index in [1.54, 1.807) is 6.07 Å². The predicted octanol–water partition coefficient (Wildman–Crippen LogP) is 0.460. The number of aliphatic hydroxyl groups is 1. The number of carboxylic acid groups (broad SMARTS) is 1. The summed E-state index contributed by atoms with van der Waals surface area (Å²) in [6.45, 7) is 0.118. The van der Waals surface area contributed by atoms with Gasteiger partial charge in [-0.3, -0.25) is 4.79 Å². The molecule has 2 atom stereocenters. The van der Waals surface area contributed by atoms with Gasteiger partial charge in [-0.2, -0.15) is 0 Å². The summed E-state index contributed by atoms with van der Waals surface area (Å²) in [4.78, 5) is 10.7. The first-order valence-electron chi connectivity index (χ1n) is 4.96. The summed E-state index contributed by atoms with van der Waals surface area (Å²) in [5.74, 6) is -1.45. The monoisotopic (exact) mass is 225 g/mol. The SMILES string of the molecule is O=C(O)C1CC(O)(c2cccc(F)c2)CN1. The molecule has 1 saturated heterocycles. The number of rotatable bonds is 2. The Morgan fingerprint density at radius 2 is 2.31 bits per heavy atom. The Morgan fingerprint density at radius 3 is 2.88 bits per heavy atom. The van der Waals surface area contributed by atoms with E-state index in [1.807, 2.05) is 0 Å². The maximum Gasteiger partial charge on any atom is 0.320 e. The molecule has 16 heavy (non-hydrogen) atoms. The first-order chi connectivity index (χ1) is 7.51. The first-order valence-corrected chi connectivity index (χ1v) is 4.96. The molecule has 0 spiro atoms. The van der Waals surface area contributed by atoms with Gasteiger partial charge in [-0.15, -0.1) is 0 Å². The molecule has 1 heterocycles. The van der Waals surface area contributed by atoms with E-state index < -0.39 is 23.4 Å². The number of β-amino-alcohol motifs (C(OH)–C–C–N with tert-alkyl or cyclic N) is 1. The van der Waals surface area contributed by atoms with Crippen molar-refractivity contribution in [1.82, 2.24) is 5.32 Å². The van der Waals surface area contributed by atoms with E-state index in [2.05, 4.69) is 5.32 Å². The number of carboxylic acids is 1. The van der Waals surface area contributed by atoms with Crippen LogP contribution in [-0.4, -0.2) is 28.8 Å². The van der Waals surface area contributed by atoms with Crippen molar-refractivity contribution in [2.75, 3.05) is 6.54 Å². The quantitative estimate of drug-likeness (QED) is 0.684. The molecule has 0 amide bonds. The van der Waals surface area contributed by atoms with Gasteiger partial charge in [0.25, 0.3) is 0 Å². The molecule has 0 aromatic heterocycles. The van der Waals surface area contributed by atoms with E-state index >= 15 is 0 Å². The number of aliphatic carboxylic acids is 1. The third-order valence-electron chi connectivity index (χ3n) is 2.84. The van der Waals surface area contributed by atoms with Gasteiger partial charge >= 0.3 is 5.97 Å². The molecule has 1 aliphatic heterocycles. The highest BCUT2D eigenvalue weighted by Crippen LogP contribution is 2.30. The van der Waals surface area contributed by atoms with Gasteiger partial charge in [0.15, 0.2) is 0 Å². The molecular formula is C11H12FNO3. The molecule has 0 aliphatic carbocycles. The highest BCUT2D eigenvalue weighted by molar-refractivity contribution is 5.74. The molecule has 0 saturated carbocycles. The average Bonchev–Trinajstić information content (AvgIpc) is 2.63. The van der Waals surface area contributed by atoms with Crippen LogP contribution in [-0.2, 0) is 10.4 Å². The summed E-state index contributed by atoms with van der Waals surface area (Å²) in [5, 5.41) is 21.7. The zero-order valence-corrected chi connectivity index (χ0v) is 8.48. The smallest absolute Gasteiger partial charge is 0.320 e. The molecule has 5 heteroatoms. The topological polar surface area (TPSA) is 69.6 Å². The molecule has 1 aliphatic rings. The van der Waals surface area contributed by atoms with Crippen LogP contribution in [0.1, 0.15) is 12.0 Å². The van der Waals surface area contributed by atoms with E-state index in [9.17, 15) is 14.3 Å². The highest BCUT2D eigenvalue weighted by Gasteiger charge is 2.41. The number of nitrogens with one attached hydrogen (secondary N) is 1. The Bertz CT molecular complexity index is 423. The second-order valence-electron chi connectivity index (χ2n) is 4.02. The van der Waals surface area contributed by atoms with Gasteiger partial charge in [0.2, 0.25) is 0 Å². The lowest BCUT2D eigenvalue weighted by Gasteiger charge is -2.21. The van der Waals surface area contributed by atoms with E-state index in [4.69, 9.17) is 5.11 Å². The minimum atomic E-state index is -1.30. The third kappa shape index (κ3) is 1.91. The Labute approximate surface area is 91.7 Å². The maximum atomic E-state index is 13.0. The van der Waals surface area contributed by atoms with Gasteiger partial charge in [-0.25, -0.2) is 4.39 Å². The Morgan fingerprint density at radius 1 is 1.56 bits per heavy atom. The molecule has 1 fully saturated rings. The fourth-order valence-corrected chi connectivity index (χ4v) is 1.95. The summed E-state index contributed by atoms with van der Waals surface area (Å²) in [6.07, 6.45) is 0.0474. The Kier molecular flexibility index (Phi) is 2.65. The van der Waals surface area contributed by atoms with E-state index in [0.717, 1.165) is 0 Å². The minimum absolute atomic E-state index is 0.0474. The fraction of sp³-hybridized carbons (Fsp3) is 0.364. The fourth-order valence-electron chi connectivity index (χ4n) is 1.95. The highest BCUT2D eigenvalue weighted by atomic mass is 19.1. The van der Waals surface area contributed by atoms with Crippen LogP contribution < -0.4 is 5.32 Å². The van der Waals surface area contributed by atoms with Gasteiger partial charge in [0.05, 0.1) is 0 Å². The molecule has 1 aromatic carbocycles. The molecule has 0 radical (unpaired) electrons. The summed E-state index contributed by atoms with van der Waals surface area (Å²) in [7, 11) is 0. The zero-order valence-electron chi connectivity index (χ0n) is 8.48. The zero-order chi connectivity index (χ0) is 11.8. The summed E-state index contributed by atoms with van der Waals surface area (Å²) in [5.41, 5.74) is -0.894. The van der Waals surface area contributed by atoms with Crippen molar-refractivity contribution >= 4 is 5.97 Å². The molecular weight excluding hydrogens is 213 g/mol. The molecule has 2 unspecified atom stereocenters. The maximum absolute atomic E-state index is 13.0. The largest absolute Gasteiger partial charge is 0.480 e.